The standard InChI is InChI=1S/C18H13ClN4OS4/c1-10-14(27-16(20-10)11-4-6-12(19)7-5-11)15(24)21-17-22-23-18(28-17)26-9-13-3-2-8-25-13/h2-8H,9H2,1H3,(H,21,22,24). The molecule has 142 valence electrons. The molecule has 4 rings (SSSR count). The molecule has 0 aliphatic rings. The highest BCUT2D eigenvalue weighted by Crippen LogP contribution is 2.32. The summed E-state index contributed by atoms with van der Waals surface area (Å²) in [6.07, 6.45) is 0. The fourth-order valence-corrected chi connectivity index (χ4v) is 5.94. The number of carbonyl (C=O) groups excluding carboxylic acids is 1. The number of aryl methyl sites for hydroxylation is 1. The quantitative estimate of drug-likeness (QED) is 0.270. The Morgan fingerprint density at radius 1 is 1.18 bits per heavy atom. The zero-order valence-electron chi connectivity index (χ0n) is 14.5. The van der Waals surface area contributed by atoms with Gasteiger partial charge in [0.25, 0.3) is 5.91 Å². The molecule has 1 amide bonds. The van der Waals surface area contributed by atoms with E-state index in [0.29, 0.717) is 20.7 Å². The minimum Gasteiger partial charge on any atom is -0.296 e. The number of aromatic nitrogens is 3. The molecule has 0 saturated carbocycles. The average Bonchev–Trinajstić information content (AvgIpc) is 3.42. The van der Waals surface area contributed by atoms with Crippen LogP contribution in [-0.2, 0) is 5.75 Å². The van der Waals surface area contributed by atoms with Crippen molar-refractivity contribution in [3.8, 4) is 10.6 Å². The number of hydrogen-bond donors (Lipinski definition) is 1. The number of benzene rings is 1. The third kappa shape index (κ3) is 4.61. The van der Waals surface area contributed by atoms with E-state index in [-0.39, 0.29) is 5.91 Å². The molecule has 0 atom stereocenters. The van der Waals surface area contributed by atoms with Crippen molar-refractivity contribution in [3.63, 3.8) is 0 Å². The van der Waals surface area contributed by atoms with Crippen LogP contribution in [0.4, 0.5) is 5.13 Å². The van der Waals surface area contributed by atoms with Crippen LogP contribution in [0.15, 0.2) is 46.1 Å². The Labute approximate surface area is 182 Å². The summed E-state index contributed by atoms with van der Waals surface area (Å²) in [5.74, 6) is 0.625. The van der Waals surface area contributed by atoms with E-state index in [4.69, 9.17) is 11.6 Å². The molecule has 0 bridgehead atoms. The monoisotopic (exact) mass is 464 g/mol. The topological polar surface area (TPSA) is 67.8 Å². The summed E-state index contributed by atoms with van der Waals surface area (Å²) in [6, 6.07) is 11.5. The first-order chi connectivity index (χ1) is 13.6. The van der Waals surface area contributed by atoms with Crippen molar-refractivity contribution in [2.75, 3.05) is 5.32 Å². The van der Waals surface area contributed by atoms with Gasteiger partial charge in [-0.15, -0.1) is 32.9 Å². The Morgan fingerprint density at radius 2 is 2.00 bits per heavy atom. The van der Waals surface area contributed by atoms with Crippen molar-refractivity contribution < 1.29 is 4.79 Å². The third-order valence-corrected chi connectivity index (χ3v) is 8.18. The van der Waals surface area contributed by atoms with Crippen molar-refractivity contribution in [3.05, 3.63) is 62.2 Å². The highest BCUT2D eigenvalue weighted by molar-refractivity contribution is 8.00. The van der Waals surface area contributed by atoms with E-state index in [0.717, 1.165) is 20.7 Å². The van der Waals surface area contributed by atoms with Gasteiger partial charge in [-0.2, -0.15) is 0 Å². The molecule has 3 aromatic heterocycles. The van der Waals surface area contributed by atoms with Crippen LogP contribution < -0.4 is 5.32 Å². The zero-order valence-corrected chi connectivity index (χ0v) is 18.5. The fraction of sp³-hybridized carbons (Fsp3) is 0.111. The lowest BCUT2D eigenvalue weighted by Gasteiger charge is -1.98. The molecule has 1 N–H and O–H groups in total. The molecule has 0 aliphatic heterocycles. The van der Waals surface area contributed by atoms with Gasteiger partial charge >= 0.3 is 0 Å². The molecule has 0 aliphatic carbocycles. The number of thiophene rings is 1. The van der Waals surface area contributed by atoms with Gasteiger partial charge in [-0.1, -0.05) is 52.9 Å². The lowest BCUT2D eigenvalue weighted by Crippen LogP contribution is -2.11. The summed E-state index contributed by atoms with van der Waals surface area (Å²) in [6.45, 7) is 1.83. The molecule has 28 heavy (non-hydrogen) atoms. The normalized spacial score (nSPS) is 10.9. The van der Waals surface area contributed by atoms with Crippen LogP contribution >= 0.6 is 57.4 Å². The number of halogens is 1. The minimum absolute atomic E-state index is 0.221. The highest BCUT2D eigenvalue weighted by Gasteiger charge is 2.18. The first kappa shape index (κ1) is 19.5. The van der Waals surface area contributed by atoms with E-state index >= 15 is 0 Å². The molecule has 4 aromatic rings. The lowest BCUT2D eigenvalue weighted by atomic mass is 10.2. The van der Waals surface area contributed by atoms with Gasteiger partial charge in [-0.05, 0) is 30.5 Å². The van der Waals surface area contributed by atoms with Crippen molar-refractivity contribution in [1.29, 1.82) is 0 Å². The number of rotatable bonds is 6. The molecule has 0 saturated heterocycles. The summed E-state index contributed by atoms with van der Waals surface area (Å²) < 4.78 is 0.826. The van der Waals surface area contributed by atoms with Crippen molar-refractivity contribution in [2.45, 2.75) is 17.0 Å². The Hall–Kier alpha value is -1.78. The van der Waals surface area contributed by atoms with Crippen molar-refractivity contribution in [1.82, 2.24) is 15.2 Å². The maximum Gasteiger partial charge on any atom is 0.269 e. The molecule has 0 radical (unpaired) electrons. The van der Waals surface area contributed by atoms with E-state index in [1.54, 1.807) is 23.1 Å². The van der Waals surface area contributed by atoms with E-state index in [1.165, 1.54) is 27.6 Å². The molecule has 0 fully saturated rings. The largest absolute Gasteiger partial charge is 0.296 e. The summed E-state index contributed by atoms with van der Waals surface area (Å²) in [5.41, 5.74) is 1.61. The number of thioether (sulfide) groups is 1. The fourth-order valence-electron chi connectivity index (χ4n) is 2.32. The van der Waals surface area contributed by atoms with Crippen molar-refractivity contribution in [2.24, 2.45) is 0 Å². The second-order valence-electron chi connectivity index (χ2n) is 5.64. The predicted molar refractivity (Wildman–Crippen MR) is 119 cm³/mol. The lowest BCUT2D eigenvalue weighted by molar-refractivity contribution is 0.102. The van der Waals surface area contributed by atoms with Gasteiger partial charge in [0, 0.05) is 21.2 Å². The number of hydrogen-bond acceptors (Lipinski definition) is 8. The first-order valence-corrected chi connectivity index (χ1v) is 12.0. The predicted octanol–water partition coefficient (Wildman–Crippen LogP) is 6.23. The van der Waals surface area contributed by atoms with E-state index < -0.39 is 0 Å². The van der Waals surface area contributed by atoms with Gasteiger partial charge in [-0.25, -0.2) is 4.98 Å². The number of carbonyl (C=O) groups is 1. The second kappa shape index (κ2) is 8.71. The Bertz CT molecular complexity index is 1090. The van der Waals surface area contributed by atoms with Crippen LogP contribution in [-0.4, -0.2) is 21.1 Å². The van der Waals surface area contributed by atoms with Gasteiger partial charge in [0.05, 0.1) is 5.69 Å². The molecule has 5 nitrogen and oxygen atoms in total. The van der Waals surface area contributed by atoms with E-state index in [9.17, 15) is 4.79 Å². The highest BCUT2D eigenvalue weighted by atomic mass is 35.5. The second-order valence-corrected chi connectivity index (χ2v) is 10.3. The number of thiazole rings is 1. The van der Waals surface area contributed by atoms with Gasteiger partial charge in [0.1, 0.15) is 9.88 Å². The van der Waals surface area contributed by atoms with E-state index in [1.807, 2.05) is 37.3 Å². The van der Waals surface area contributed by atoms with Gasteiger partial charge in [-0.3, -0.25) is 10.1 Å². The number of anilines is 1. The average molecular weight is 465 g/mol. The minimum atomic E-state index is -0.221. The molecule has 0 spiro atoms. The number of nitrogens with one attached hydrogen (secondary N) is 1. The molecule has 1 aromatic carbocycles. The van der Waals surface area contributed by atoms with Crippen LogP contribution in [0.2, 0.25) is 5.02 Å². The van der Waals surface area contributed by atoms with Crippen LogP contribution in [0.5, 0.6) is 0 Å². The SMILES string of the molecule is Cc1nc(-c2ccc(Cl)cc2)sc1C(=O)Nc1nnc(SCc2cccs2)s1. The summed E-state index contributed by atoms with van der Waals surface area (Å²) in [7, 11) is 0. The molecular weight excluding hydrogens is 452 g/mol. The van der Waals surface area contributed by atoms with Gasteiger partial charge in [0.15, 0.2) is 4.34 Å². The summed E-state index contributed by atoms with van der Waals surface area (Å²) in [5, 5.41) is 15.0. The Morgan fingerprint density at radius 3 is 2.75 bits per heavy atom. The van der Waals surface area contributed by atoms with Gasteiger partial charge in [0.2, 0.25) is 5.13 Å². The maximum absolute atomic E-state index is 12.7. The molecular formula is C18H13ClN4OS4. The summed E-state index contributed by atoms with van der Waals surface area (Å²) in [4.78, 5) is 19.0. The molecule has 10 heteroatoms. The van der Waals surface area contributed by atoms with Gasteiger partial charge < -0.3 is 0 Å². The number of amides is 1. The maximum atomic E-state index is 12.7. The Kier molecular flexibility index (Phi) is 6.07. The third-order valence-electron chi connectivity index (χ3n) is 3.64. The summed E-state index contributed by atoms with van der Waals surface area (Å²) >= 11 is 12.0. The zero-order chi connectivity index (χ0) is 19.5. The number of nitrogens with zero attached hydrogens (tertiary/aromatic N) is 3. The van der Waals surface area contributed by atoms with Crippen LogP contribution in [0.3, 0.4) is 0 Å². The smallest absolute Gasteiger partial charge is 0.269 e. The van der Waals surface area contributed by atoms with Crippen molar-refractivity contribution >= 4 is 68.4 Å². The molecule has 3 heterocycles. The van der Waals surface area contributed by atoms with E-state index in [2.05, 4.69) is 31.9 Å². The molecule has 0 unspecified atom stereocenters. The first-order valence-electron chi connectivity index (χ1n) is 8.12. The van der Waals surface area contributed by atoms with Crippen LogP contribution in [0.25, 0.3) is 10.6 Å². The Balaban J connectivity index is 1.43. The van der Waals surface area contributed by atoms with Crippen LogP contribution in [0, 0.1) is 6.92 Å². The van der Waals surface area contributed by atoms with Crippen LogP contribution in [0.1, 0.15) is 20.2 Å².